The predicted molar refractivity (Wildman–Crippen MR) is 388 cm³/mol. The predicted octanol–water partition coefficient (Wildman–Crippen LogP) is 1.56. The lowest BCUT2D eigenvalue weighted by Gasteiger charge is -2.34. The molecule has 0 aromatic rings. The summed E-state index contributed by atoms with van der Waals surface area (Å²) in [7, 11) is 6.02. The molecule has 0 aromatic carbocycles. The molecule has 30 heteroatoms. The van der Waals surface area contributed by atoms with E-state index in [1.165, 1.54) is 4.90 Å². The number of amides is 14. The van der Waals surface area contributed by atoms with Crippen molar-refractivity contribution in [2.45, 2.75) is 173 Å². The molecule has 0 unspecified atom stereocenters. The third kappa shape index (κ3) is 38.4. The summed E-state index contributed by atoms with van der Waals surface area (Å²) in [6.45, 7) is 25.1. The molecule has 30 nitrogen and oxygen atoms in total. The Kier molecular flexibility index (Phi) is 49.4. The number of nitrogens with one attached hydrogen (secondary N) is 2. The van der Waals surface area contributed by atoms with Crippen molar-refractivity contribution in [2.75, 3.05) is 204 Å². The van der Waals surface area contributed by atoms with Crippen LogP contribution < -0.4 is 10.6 Å². The van der Waals surface area contributed by atoms with Gasteiger partial charge in [-0.2, -0.15) is 0 Å². The fourth-order valence-electron chi connectivity index (χ4n) is 11.0. The highest BCUT2D eigenvalue weighted by Gasteiger charge is 2.27. The largest absolute Gasteiger partial charge is 0.395 e. The number of aliphatic hydroxyl groups excluding tert-OH is 1. The van der Waals surface area contributed by atoms with Crippen molar-refractivity contribution in [3.05, 3.63) is 0 Å². The van der Waals surface area contributed by atoms with E-state index in [2.05, 4.69) is 10.6 Å². The Morgan fingerprint density at radius 3 is 0.574 bits per heavy atom. The van der Waals surface area contributed by atoms with Gasteiger partial charge in [-0.1, -0.05) is 83.1 Å². The van der Waals surface area contributed by atoms with Crippen LogP contribution in [0.2, 0.25) is 0 Å². The van der Waals surface area contributed by atoms with Gasteiger partial charge in [0.05, 0.1) is 40.8 Å². The van der Waals surface area contributed by atoms with Crippen LogP contribution in [0.5, 0.6) is 0 Å². The number of nitrogens with zero attached hydrogens (tertiary/aromatic N) is 13. The molecule has 0 fully saturated rings. The summed E-state index contributed by atoms with van der Waals surface area (Å²) >= 11 is 0. The van der Waals surface area contributed by atoms with Crippen molar-refractivity contribution in [1.29, 1.82) is 0 Å². The maximum absolute atomic E-state index is 13.6. The Morgan fingerprint density at radius 2 is 0.406 bits per heavy atom. The molecule has 0 bridgehead atoms. The molecular weight excluding hydrogens is 1300 g/mol. The molecule has 0 heterocycles. The summed E-state index contributed by atoms with van der Waals surface area (Å²) in [6, 6.07) is 0. The van der Waals surface area contributed by atoms with E-state index < -0.39 is 0 Å². The van der Waals surface area contributed by atoms with Crippen molar-refractivity contribution in [2.24, 2.45) is 0 Å². The first kappa shape index (κ1) is 93.5. The molecule has 0 spiro atoms. The first-order valence-electron chi connectivity index (χ1n) is 37.2. The topological polar surface area (TPSA) is 322 Å². The Bertz CT molecular complexity index is 2570. The molecule has 0 radical (unpaired) electrons. The molecule has 0 saturated heterocycles. The van der Waals surface area contributed by atoms with Gasteiger partial charge in [0.2, 0.25) is 82.7 Å². The number of quaternary nitrogens is 1. The summed E-state index contributed by atoms with van der Waals surface area (Å²) in [5.41, 5.74) is 0. The van der Waals surface area contributed by atoms with Crippen LogP contribution in [0.25, 0.3) is 0 Å². The number of rotatable bonds is 56. The third-order valence-electron chi connectivity index (χ3n) is 17.7. The quantitative estimate of drug-likeness (QED) is 0.0728. The first-order chi connectivity index (χ1) is 48.0. The minimum absolute atomic E-state index is 0.00822. The molecule has 0 rings (SSSR count). The van der Waals surface area contributed by atoms with E-state index >= 15 is 0 Å². The number of carbonyl (C=O) groups is 14. The fraction of sp³-hybridized carbons (Fsp3) is 0.803. The van der Waals surface area contributed by atoms with E-state index in [0.717, 1.165) is 0 Å². The standard InChI is InChI=1S/C71H131N15O15/c1-16-58(88)72-30-32-74(60(90)17-2)33-34-75(61(91)18-3)35-36-76(62(92)19-4)37-38-77(63(93)20-5)39-40-78(64(94)21-6)41-42-79(65(95)22-7)43-44-80(66(96)23-8)45-46-81(67(97)24-9)47-48-82(68(98)25-10)49-50-83(69(99)26-11)51-52-84(70(100)27-12)53-54-85(55-57-87)71(101)29-28-59(89)73-31-56-86(13,14)15/h87H,16-57H2,1-15H3,(H-,72,73,88,89)/p+1. The van der Waals surface area contributed by atoms with Crippen LogP contribution >= 0.6 is 0 Å². The fourth-order valence-corrected chi connectivity index (χ4v) is 11.0. The van der Waals surface area contributed by atoms with E-state index in [0.29, 0.717) is 24.0 Å². The zero-order valence-electron chi connectivity index (χ0n) is 64.7. The van der Waals surface area contributed by atoms with E-state index in [9.17, 15) is 72.2 Å². The highest BCUT2D eigenvalue weighted by Crippen LogP contribution is 2.11. The highest BCUT2D eigenvalue weighted by molar-refractivity contribution is 5.85. The van der Waals surface area contributed by atoms with Crippen molar-refractivity contribution in [1.82, 2.24) is 69.4 Å². The summed E-state index contributed by atoms with van der Waals surface area (Å²) in [4.78, 5) is 205. The van der Waals surface area contributed by atoms with Gasteiger partial charge >= 0.3 is 0 Å². The Balaban J connectivity index is 6.28. The van der Waals surface area contributed by atoms with E-state index in [1.54, 1.807) is 137 Å². The van der Waals surface area contributed by atoms with Crippen LogP contribution in [-0.2, 0) is 67.1 Å². The summed E-state index contributed by atoms with van der Waals surface area (Å²) in [6.07, 6.45) is 2.00. The molecule has 0 aliphatic carbocycles. The number of hydrogen-bond acceptors (Lipinski definition) is 15. The Labute approximate surface area is 604 Å². The van der Waals surface area contributed by atoms with Gasteiger partial charge in [-0.25, -0.2) is 0 Å². The molecule has 0 aromatic heterocycles. The van der Waals surface area contributed by atoms with Crippen LogP contribution in [0.15, 0.2) is 0 Å². The van der Waals surface area contributed by atoms with Crippen LogP contribution in [0.1, 0.15) is 173 Å². The minimum atomic E-state index is -0.341. The Hall–Kier alpha value is -7.50. The van der Waals surface area contributed by atoms with Crippen LogP contribution in [0.3, 0.4) is 0 Å². The number of carbonyl (C=O) groups excluding carboxylic acids is 14. The number of aliphatic hydroxyl groups is 1. The number of likely N-dealkylation sites (N-methyl/N-ethyl adjacent to an activating group) is 1. The highest BCUT2D eigenvalue weighted by atomic mass is 16.3. The van der Waals surface area contributed by atoms with Crippen LogP contribution in [0.4, 0.5) is 0 Å². The van der Waals surface area contributed by atoms with E-state index in [4.69, 9.17) is 0 Å². The monoisotopic (exact) mass is 1440 g/mol. The van der Waals surface area contributed by atoms with E-state index in [-0.39, 0.29) is 336 Å². The van der Waals surface area contributed by atoms with Gasteiger partial charge in [-0.05, 0) is 0 Å². The molecule has 0 aliphatic rings. The maximum atomic E-state index is 13.6. The Morgan fingerprint density at radius 1 is 0.228 bits per heavy atom. The SMILES string of the molecule is CCC(=O)NCCN(CCN(CCN(CCN(CCN(CCN(CCN(CCN(CCN(CCN(CCN(CCN(CCO)C(=O)CCC(=O)NCC[N+](C)(C)C)C(=O)CC)C(=O)CC)C(=O)CC)C(=O)CC)C(=O)CC)C(=O)CC)C(=O)CC)C(=O)CC)C(=O)CC)C(=O)CC)C(=O)CC. The van der Waals surface area contributed by atoms with Crippen LogP contribution in [0, 0.1) is 0 Å². The van der Waals surface area contributed by atoms with Gasteiger partial charge in [0, 0.05) is 254 Å². The minimum Gasteiger partial charge on any atom is -0.395 e. The average molecular weight is 1440 g/mol. The average Bonchev–Trinajstić information content (AvgIpc) is 0.920. The molecule has 0 aliphatic heterocycles. The van der Waals surface area contributed by atoms with Crippen molar-refractivity contribution >= 4 is 82.7 Å². The second-order valence-electron chi connectivity index (χ2n) is 25.7. The van der Waals surface area contributed by atoms with Gasteiger partial charge in [0.1, 0.15) is 0 Å². The van der Waals surface area contributed by atoms with E-state index in [1.807, 2.05) is 21.1 Å². The van der Waals surface area contributed by atoms with Gasteiger partial charge in [-0.3, -0.25) is 67.1 Å². The normalized spacial score (nSPS) is 11.0. The lowest BCUT2D eigenvalue weighted by molar-refractivity contribution is -0.869. The molecule has 0 atom stereocenters. The van der Waals surface area contributed by atoms with Crippen molar-refractivity contribution in [3.8, 4) is 0 Å². The second-order valence-corrected chi connectivity index (χ2v) is 25.7. The zero-order valence-corrected chi connectivity index (χ0v) is 64.7. The third-order valence-corrected chi connectivity index (χ3v) is 17.7. The molecule has 3 N–H and O–H groups in total. The van der Waals surface area contributed by atoms with Gasteiger partial charge in [0.15, 0.2) is 0 Å². The molecule has 0 saturated carbocycles. The van der Waals surface area contributed by atoms with Crippen molar-refractivity contribution < 1.29 is 76.7 Å². The molecule has 101 heavy (non-hydrogen) atoms. The second kappa shape index (κ2) is 53.3. The summed E-state index contributed by atoms with van der Waals surface area (Å²) in [5, 5.41) is 15.4. The lowest BCUT2D eigenvalue weighted by atomic mass is 10.2. The zero-order chi connectivity index (χ0) is 76.6. The molecular formula is C71H132N15O15+. The van der Waals surface area contributed by atoms with Gasteiger partial charge in [0.25, 0.3) is 0 Å². The molecule has 580 valence electrons. The first-order valence-corrected chi connectivity index (χ1v) is 37.2. The summed E-state index contributed by atoms with van der Waals surface area (Å²) in [5.74, 6) is -2.88. The smallest absolute Gasteiger partial charge is 0.223 e. The lowest BCUT2D eigenvalue weighted by Crippen LogP contribution is -2.49. The van der Waals surface area contributed by atoms with Crippen LogP contribution in [-0.4, -0.2) is 356 Å². The number of hydrogen-bond donors (Lipinski definition) is 3. The summed E-state index contributed by atoms with van der Waals surface area (Å²) < 4.78 is 0.662. The maximum Gasteiger partial charge on any atom is 0.223 e. The van der Waals surface area contributed by atoms with Crippen molar-refractivity contribution in [3.63, 3.8) is 0 Å². The molecule has 14 amide bonds. The van der Waals surface area contributed by atoms with Gasteiger partial charge < -0.3 is 79.0 Å². The van der Waals surface area contributed by atoms with Gasteiger partial charge in [-0.15, -0.1) is 0 Å².